The maximum Gasteiger partial charge on any atom is 0.220 e. The summed E-state index contributed by atoms with van der Waals surface area (Å²) in [5, 5.41) is 2.75. The molecule has 1 rings (SSSR count). The van der Waals surface area contributed by atoms with Gasteiger partial charge in [-0.3, -0.25) is 4.79 Å². The zero-order chi connectivity index (χ0) is 15.2. The monoisotopic (exact) mass is 320 g/mol. The van der Waals surface area contributed by atoms with Crippen molar-refractivity contribution in [3.63, 3.8) is 0 Å². The van der Waals surface area contributed by atoms with Crippen LogP contribution in [0.15, 0.2) is 18.2 Å². The zero-order valence-corrected chi connectivity index (χ0v) is 13.2. The number of nitrogens with two attached hydrogens (primary N) is 1. The van der Waals surface area contributed by atoms with Crippen LogP contribution >= 0.6 is 12.4 Å². The molecule has 0 saturated heterocycles. The van der Waals surface area contributed by atoms with E-state index in [1.54, 1.807) is 0 Å². The minimum atomic E-state index is -0.500. The van der Waals surface area contributed by atoms with Crippen molar-refractivity contribution in [2.24, 2.45) is 5.73 Å². The van der Waals surface area contributed by atoms with Gasteiger partial charge in [0.15, 0.2) is 0 Å². The summed E-state index contributed by atoms with van der Waals surface area (Å²) < 4.78 is 26.4. The molecule has 0 aliphatic carbocycles. The second-order valence-corrected chi connectivity index (χ2v) is 5.08. The first-order chi connectivity index (χ1) is 9.40. The molecule has 1 amide bonds. The number of nitrogens with one attached hydrogen (secondary N) is 1. The first-order valence-corrected chi connectivity index (χ1v) is 6.89. The molecule has 0 heterocycles. The summed E-state index contributed by atoms with van der Waals surface area (Å²) in [5.41, 5.74) is 5.88. The molecule has 0 atom stereocenters. The van der Waals surface area contributed by atoms with E-state index in [1.165, 1.54) is 0 Å². The standard InChI is InChI=1S/C15H22F2N2O.ClH/c1-3-15(18,4-2)10-19-14(20)8-5-11-9-12(16)6-7-13(11)17;/h6-7,9H,3-5,8,10,18H2,1-2H3,(H,19,20);1H. The summed E-state index contributed by atoms with van der Waals surface area (Å²) in [4.78, 5) is 11.7. The fourth-order valence-corrected chi connectivity index (χ4v) is 1.85. The predicted octanol–water partition coefficient (Wildman–Crippen LogP) is 2.95. The Morgan fingerprint density at radius 1 is 1.29 bits per heavy atom. The lowest BCUT2D eigenvalue weighted by atomic mass is 9.94. The number of carbonyl (C=O) groups is 1. The Morgan fingerprint density at radius 3 is 2.48 bits per heavy atom. The van der Waals surface area contributed by atoms with Crippen molar-refractivity contribution in [1.29, 1.82) is 0 Å². The third-order valence-corrected chi connectivity index (χ3v) is 3.68. The molecule has 3 N–H and O–H groups in total. The maximum absolute atomic E-state index is 13.4. The zero-order valence-electron chi connectivity index (χ0n) is 12.4. The minimum absolute atomic E-state index is 0. The van der Waals surface area contributed by atoms with Crippen molar-refractivity contribution < 1.29 is 13.6 Å². The molecule has 1 aromatic carbocycles. The van der Waals surface area contributed by atoms with Crippen LogP contribution in [0.1, 0.15) is 38.7 Å². The summed E-state index contributed by atoms with van der Waals surface area (Å²) in [6, 6.07) is 3.25. The molecule has 6 heteroatoms. The number of amides is 1. The van der Waals surface area contributed by atoms with Crippen LogP contribution in [-0.4, -0.2) is 18.0 Å². The number of benzene rings is 1. The Kier molecular flexibility index (Phi) is 8.44. The van der Waals surface area contributed by atoms with Crippen LogP contribution in [0.25, 0.3) is 0 Å². The van der Waals surface area contributed by atoms with Crippen molar-refractivity contribution in [3.05, 3.63) is 35.4 Å². The Morgan fingerprint density at radius 2 is 1.90 bits per heavy atom. The van der Waals surface area contributed by atoms with Gasteiger partial charge in [0, 0.05) is 18.5 Å². The number of rotatable bonds is 7. The highest BCUT2D eigenvalue weighted by Gasteiger charge is 2.20. The molecule has 0 aromatic heterocycles. The molecule has 3 nitrogen and oxygen atoms in total. The van der Waals surface area contributed by atoms with Crippen molar-refractivity contribution in [2.75, 3.05) is 6.54 Å². The van der Waals surface area contributed by atoms with Gasteiger partial charge in [0.05, 0.1) is 0 Å². The number of halogens is 3. The van der Waals surface area contributed by atoms with Gasteiger partial charge in [-0.2, -0.15) is 0 Å². The largest absolute Gasteiger partial charge is 0.354 e. The van der Waals surface area contributed by atoms with Crippen LogP contribution in [0.3, 0.4) is 0 Å². The van der Waals surface area contributed by atoms with Crippen LogP contribution in [0, 0.1) is 11.6 Å². The average Bonchev–Trinajstić information content (AvgIpc) is 2.45. The van der Waals surface area contributed by atoms with Gasteiger partial charge in [0.2, 0.25) is 5.91 Å². The van der Waals surface area contributed by atoms with Gasteiger partial charge in [-0.05, 0) is 43.0 Å². The summed E-state index contributed by atoms with van der Waals surface area (Å²) in [6.07, 6.45) is 1.82. The normalized spacial score (nSPS) is 10.9. The molecule has 0 aliphatic rings. The summed E-state index contributed by atoms with van der Waals surface area (Å²) in [6.45, 7) is 4.33. The molecule has 0 fully saturated rings. The van der Waals surface area contributed by atoms with Gasteiger partial charge in [0.1, 0.15) is 11.6 Å². The van der Waals surface area contributed by atoms with E-state index in [2.05, 4.69) is 5.32 Å². The van der Waals surface area contributed by atoms with Crippen molar-refractivity contribution in [3.8, 4) is 0 Å². The van der Waals surface area contributed by atoms with Gasteiger partial charge in [-0.25, -0.2) is 8.78 Å². The van der Waals surface area contributed by atoms with E-state index in [4.69, 9.17) is 5.73 Å². The van der Waals surface area contributed by atoms with E-state index in [0.717, 1.165) is 31.0 Å². The van der Waals surface area contributed by atoms with E-state index in [1.807, 2.05) is 13.8 Å². The number of hydrogen-bond acceptors (Lipinski definition) is 2. The first-order valence-electron chi connectivity index (χ1n) is 6.89. The summed E-state index contributed by atoms with van der Waals surface area (Å²) >= 11 is 0. The van der Waals surface area contributed by atoms with E-state index in [0.29, 0.717) is 6.54 Å². The fraction of sp³-hybridized carbons (Fsp3) is 0.533. The van der Waals surface area contributed by atoms with Gasteiger partial charge in [-0.15, -0.1) is 12.4 Å². The van der Waals surface area contributed by atoms with E-state index in [9.17, 15) is 13.6 Å². The lowest BCUT2D eigenvalue weighted by molar-refractivity contribution is -0.121. The average molecular weight is 321 g/mol. The first kappa shape index (κ1) is 19.8. The van der Waals surface area contributed by atoms with Gasteiger partial charge in [-0.1, -0.05) is 13.8 Å². The fourth-order valence-electron chi connectivity index (χ4n) is 1.85. The molecule has 0 saturated carbocycles. The second-order valence-electron chi connectivity index (χ2n) is 5.08. The lowest BCUT2D eigenvalue weighted by Crippen LogP contribution is -2.49. The lowest BCUT2D eigenvalue weighted by Gasteiger charge is -2.26. The SMILES string of the molecule is CCC(N)(CC)CNC(=O)CCc1cc(F)ccc1F.Cl. The minimum Gasteiger partial charge on any atom is -0.354 e. The topological polar surface area (TPSA) is 55.1 Å². The number of aryl methyl sites for hydroxylation is 1. The molecule has 0 bridgehead atoms. The Labute approximate surface area is 130 Å². The van der Waals surface area contributed by atoms with E-state index in [-0.39, 0.29) is 36.7 Å². The van der Waals surface area contributed by atoms with Gasteiger partial charge >= 0.3 is 0 Å². The Bertz CT molecular complexity index is 465. The third kappa shape index (κ3) is 6.40. The van der Waals surface area contributed by atoms with Crippen LogP contribution in [0.4, 0.5) is 8.78 Å². The molecule has 21 heavy (non-hydrogen) atoms. The highest BCUT2D eigenvalue weighted by atomic mass is 35.5. The van der Waals surface area contributed by atoms with E-state index < -0.39 is 17.2 Å². The Balaban J connectivity index is 0.00000400. The molecule has 0 unspecified atom stereocenters. The van der Waals surface area contributed by atoms with E-state index >= 15 is 0 Å². The third-order valence-electron chi connectivity index (χ3n) is 3.68. The van der Waals surface area contributed by atoms with Crippen LogP contribution in [-0.2, 0) is 11.2 Å². The summed E-state index contributed by atoms with van der Waals surface area (Å²) in [7, 11) is 0. The highest BCUT2D eigenvalue weighted by Crippen LogP contribution is 2.12. The second kappa shape index (κ2) is 8.95. The van der Waals surface area contributed by atoms with Crippen molar-refractivity contribution in [2.45, 2.75) is 45.1 Å². The summed E-state index contributed by atoms with van der Waals surface area (Å²) in [5.74, 6) is -1.19. The number of hydrogen-bond donors (Lipinski definition) is 2. The van der Waals surface area contributed by atoms with Crippen molar-refractivity contribution in [1.82, 2.24) is 5.32 Å². The van der Waals surface area contributed by atoms with Crippen LogP contribution in [0.2, 0.25) is 0 Å². The maximum atomic E-state index is 13.4. The highest BCUT2D eigenvalue weighted by molar-refractivity contribution is 5.85. The molecular weight excluding hydrogens is 298 g/mol. The predicted molar refractivity (Wildman–Crippen MR) is 82.4 cm³/mol. The quantitative estimate of drug-likeness (QED) is 0.811. The Hall–Kier alpha value is -1.20. The van der Waals surface area contributed by atoms with Crippen LogP contribution < -0.4 is 11.1 Å². The smallest absolute Gasteiger partial charge is 0.220 e. The van der Waals surface area contributed by atoms with Crippen molar-refractivity contribution >= 4 is 18.3 Å². The molecule has 120 valence electrons. The van der Waals surface area contributed by atoms with Crippen LogP contribution in [0.5, 0.6) is 0 Å². The molecular formula is C15H23ClF2N2O. The van der Waals surface area contributed by atoms with Gasteiger partial charge in [0.25, 0.3) is 0 Å². The molecule has 0 radical (unpaired) electrons. The molecule has 0 spiro atoms. The molecule has 1 aromatic rings. The van der Waals surface area contributed by atoms with Gasteiger partial charge < -0.3 is 11.1 Å². The number of carbonyl (C=O) groups excluding carboxylic acids is 1. The molecule has 0 aliphatic heterocycles.